The number of nitrogens with two attached hydrogens (primary N) is 1. The van der Waals surface area contributed by atoms with E-state index in [1.54, 1.807) is 13.3 Å². The Kier molecular flexibility index (Phi) is 3.60. The second kappa shape index (κ2) is 5.18. The molecular weight excluding hydrogens is 240 g/mol. The number of aromatic amines is 1. The number of hydrogen-bond acceptors (Lipinski definition) is 3. The highest BCUT2D eigenvalue weighted by molar-refractivity contribution is 5.49. The Morgan fingerprint density at radius 1 is 1.32 bits per heavy atom. The van der Waals surface area contributed by atoms with Crippen LogP contribution in [0.3, 0.4) is 0 Å². The summed E-state index contributed by atoms with van der Waals surface area (Å²) >= 11 is 0. The summed E-state index contributed by atoms with van der Waals surface area (Å²) in [6.07, 6.45) is 2.46. The van der Waals surface area contributed by atoms with E-state index < -0.39 is 0 Å². The van der Waals surface area contributed by atoms with Crippen molar-refractivity contribution in [1.29, 1.82) is 0 Å². The second-order valence-corrected chi connectivity index (χ2v) is 4.66. The molecule has 0 saturated heterocycles. The van der Waals surface area contributed by atoms with Crippen molar-refractivity contribution >= 4 is 5.69 Å². The third kappa shape index (κ3) is 2.62. The summed E-state index contributed by atoms with van der Waals surface area (Å²) in [5, 5.41) is 0. The topological polar surface area (TPSA) is 68.1 Å². The van der Waals surface area contributed by atoms with E-state index in [2.05, 4.69) is 11.1 Å². The van der Waals surface area contributed by atoms with E-state index in [1.807, 2.05) is 26.0 Å². The van der Waals surface area contributed by atoms with Gasteiger partial charge in [-0.2, -0.15) is 0 Å². The molecule has 3 N–H and O–H groups in total. The SMILES string of the molecule is COc1ccc(Cc2c[nH]c(=O)c(N)c2C)cc1C. The summed E-state index contributed by atoms with van der Waals surface area (Å²) in [5.74, 6) is 0.876. The number of aryl methyl sites for hydroxylation is 1. The Morgan fingerprint density at radius 2 is 2.05 bits per heavy atom. The van der Waals surface area contributed by atoms with Gasteiger partial charge in [-0.25, -0.2) is 0 Å². The van der Waals surface area contributed by atoms with Crippen molar-refractivity contribution in [3.63, 3.8) is 0 Å². The molecule has 19 heavy (non-hydrogen) atoms. The van der Waals surface area contributed by atoms with E-state index in [9.17, 15) is 4.79 Å². The van der Waals surface area contributed by atoms with E-state index in [-0.39, 0.29) is 5.56 Å². The summed E-state index contributed by atoms with van der Waals surface area (Å²) in [7, 11) is 1.66. The molecule has 0 unspecified atom stereocenters. The van der Waals surface area contributed by atoms with Crippen molar-refractivity contribution in [2.75, 3.05) is 12.8 Å². The molecule has 0 spiro atoms. The molecule has 1 aromatic carbocycles. The largest absolute Gasteiger partial charge is 0.496 e. The number of ether oxygens (including phenoxy) is 1. The molecule has 2 rings (SSSR count). The van der Waals surface area contributed by atoms with Crippen LogP contribution in [0.2, 0.25) is 0 Å². The number of H-pyrrole nitrogens is 1. The average molecular weight is 258 g/mol. The molecule has 100 valence electrons. The minimum atomic E-state index is -0.229. The molecule has 0 atom stereocenters. The fourth-order valence-corrected chi connectivity index (χ4v) is 2.14. The van der Waals surface area contributed by atoms with Crippen molar-refractivity contribution in [1.82, 2.24) is 4.98 Å². The summed E-state index contributed by atoms with van der Waals surface area (Å²) in [6, 6.07) is 6.06. The molecule has 0 aliphatic rings. The number of benzene rings is 1. The maximum absolute atomic E-state index is 11.4. The van der Waals surface area contributed by atoms with Gasteiger partial charge < -0.3 is 15.5 Å². The average Bonchev–Trinajstić information content (AvgIpc) is 2.40. The molecule has 2 aromatic rings. The number of nitrogens with one attached hydrogen (secondary N) is 1. The third-order valence-electron chi connectivity index (χ3n) is 3.36. The van der Waals surface area contributed by atoms with Crippen molar-refractivity contribution < 1.29 is 4.74 Å². The maximum Gasteiger partial charge on any atom is 0.271 e. The van der Waals surface area contributed by atoms with Gasteiger partial charge in [0, 0.05) is 6.20 Å². The van der Waals surface area contributed by atoms with Crippen LogP contribution in [0, 0.1) is 13.8 Å². The summed E-state index contributed by atoms with van der Waals surface area (Å²) in [4.78, 5) is 14.0. The summed E-state index contributed by atoms with van der Waals surface area (Å²) in [6.45, 7) is 3.88. The minimum absolute atomic E-state index is 0.229. The molecule has 0 aliphatic carbocycles. The molecule has 4 heteroatoms. The quantitative estimate of drug-likeness (QED) is 0.886. The number of aromatic nitrogens is 1. The lowest BCUT2D eigenvalue weighted by Gasteiger charge is -2.10. The highest BCUT2D eigenvalue weighted by atomic mass is 16.5. The highest BCUT2D eigenvalue weighted by Crippen LogP contribution is 2.21. The number of anilines is 1. The van der Waals surface area contributed by atoms with Gasteiger partial charge in [-0.3, -0.25) is 4.79 Å². The van der Waals surface area contributed by atoms with Crippen molar-refractivity contribution in [3.8, 4) is 5.75 Å². The molecule has 0 radical (unpaired) electrons. The predicted octanol–water partition coefficient (Wildman–Crippen LogP) is 2.17. The summed E-state index contributed by atoms with van der Waals surface area (Å²) in [5.41, 5.74) is 9.94. The molecule has 1 aromatic heterocycles. The van der Waals surface area contributed by atoms with E-state index in [0.717, 1.165) is 34.4 Å². The number of pyridine rings is 1. The smallest absolute Gasteiger partial charge is 0.271 e. The summed E-state index contributed by atoms with van der Waals surface area (Å²) < 4.78 is 5.24. The zero-order chi connectivity index (χ0) is 14.0. The molecule has 0 fully saturated rings. The Hall–Kier alpha value is -2.23. The molecule has 0 amide bonds. The molecule has 1 heterocycles. The number of nitrogen functional groups attached to an aromatic ring is 1. The van der Waals surface area contributed by atoms with Gasteiger partial charge in [0.25, 0.3) is 5.56 Å². The predicted molar refractivity (Wildman–Crippen MR) is 76.7 cm³/mol. The lowest BCUT2D eigenvalue weighted by molar-refractivity contribution is 0.411. The van der Waals surface area contributed by atoms with Crippen LogP contribution in [0.5, 0.6) is 5.75 Å². The van der Waals surface area contributed by atoms with Gasteiger partial charge in [0.1, 0.15) is 11.4 Å². The number of methoxy groups -OCH3 is 1. The van der Waals surface area contributed by atoms with Crippen molar-refractivity contribution in [3.05, 3.63) is 57.0 Å². The van der Waals surface area contributed by atoms with Gasteiger partial charge >= 0.3 is 0 Å². The van der Waals surface area contributed by atoms with Crippen LogP contribution in [0.1, 0.15) is 22.3 Å². The van der Waals surface area contributed by atoms with Crippen LogP contribution >= 0.6 is 0 Å². The van der Waals surface area contributed by atoms with E-state index in [0.29, 0.717) is 5.69 Å². The van der Waals surface area contributed by atoms with Gasteiger partial charge in [0.05, 0.1) is 7.11 Å². The van der Waals surface area contributed by atoms with Crippen LogP contribution in [0.4, 0.5) is 5.69 Å². The molecule has 0 saturated carbocycles. The maximum atomic E-state index is 11.4. The zero-order valence-corrected chi connectivity index (χ0v) is 11.4. The Morgan fingerprint density at radius 3 is 2.68 bits per heavy atom. The van der Waals surface area contributed by atoms with Crippen LogP contribution in [-0.4, -0.2) is 12.1 Å². The van der Waals surface area contributed by atoms with Gasteiger partial charge in [-0.15, -0.1) is 0 Å². The molecule has 4 nitrogen and oxygen atoms in total. The lowest BCUT2D eigenvalue weighted by Crippen LogP contribution is -2.14. The molecule has 0 bridgehead atoms. The number of rotatable bonds is 3. The fraction of sp³-hybridized carbons (Fsp3) is 0.267. The van der Waals surface area contributed by atoms with Crippen LogP contribution in [-0.2, 0) is 6.42 Å². The van der Waals surface area contributed by atoms with Gasteiger partial charge in [0.15, 0.2) is 0 Å². The second-order valence-electron chi connectivity index (χ2n) is 4.66. The van der Waals surface area contributed by atoms with Crippen LogP contribution in [0.15, 0.2) is 29.2 Å². The Balaban J connectivity index is 2.34. The van der Waals surface area contributed by atoms with Gasteiger partial charge in [-0.1, -0.05) is 12.1 Å². The number of hydrogen-bond donors (Lipinski definition) is 2. The highest BCUT2D eigenvalue weighted by Gasteiger charge is 2.07. The minimum Gasteiger partial charge on any atom is -0.496 e. The molecule has 0 aliphatic heterocycles. The first-order chi connectivity index (χ1) is 9.02. The van der Waals surface area contributed by atoms with Crippen LogP contribution in [0.25, 0.3) is 0 Å². The lowest BCUT2D eigenvalue weighted by atomic mass is 10.00. The first-order valence-electron chi connectivity index (χ1n) is 6.13. The zero-order valence-electron chi connectivity index (χ0n) is 11.4. The van der Waals surface area contributed by atoms with Crippen molar-refractivity contribution in [2.45, 2.75) is 20.3 Å². The third-order valence-corrected chi connectivity index (χ3v) is 3.36. The molecular formula is C15H18N2O2. The fourth-order valence-electron chi connectivity index (χ4n) is 2.14. The first kappa shape index (κ1) is 13.2. The van der Waals surface area contributed by atoms with Crippen LogP contribution < -0.4 is 16.0 Å². The normalized spacial score (nSPS) is 10.5. The van der Waals surface area contributed by atoms with Gasteiger partial charge in [-0.05, 0) is 48.6 Å². The van der Waals surface area contributed by atoms with E-state index in [1.165, 1.54) is 0 Å². The Bertz CT molecular complexity index is 660. The van der Waals surface area contributed by atoms with Crippen molar-refractivity contribution in [2.24, 2.45) is 0 Å². The first-order valence-corrected chi connectivity index (χ1v) is 6.13. The Labute approximate surface area is 112 Å². The van der Waals surface area contributed by atoms with E-state index in [4.69, 9.17) is 10.5 Å². The van der Waals surface area contributed by atoms with Gasteiger partial charge in [0.2, 0.25) is 0 Å². The standard InChI is InChI=1S/C15H18N2O2/c1-9-6-11(4-5-13(9)19-3)7-12-8-17-15(18)14(16)10(12)2/h4-6,8H,7,16H2,1-3H3,(H,17,18). The van der Waals surface area contributed by atoms with E-state index >= 15 is 0 Å². The monoisotopic (exact) mass is 258 g/mol.